The minimum atomic E-state index is -1.10. The Hall–Kier alpha value is -2.82. The summed E-state index contributed by atoms with van der Waals surface area (Å²) in [6, 6.07) is 3.13. The number of quaternary nitrogens is 1. The predicted octanol–water partition coefficient (Wildman–Crippen LogP) is 1.58. The van der Waals surface area contributed by atoms with Crippen molar-refractivity contribution in [3.63, 3.8) is 0 Å². The minimum Gasteiger partial charge on any atom is -0.633 e. The Morgan fingerprint density at radius 3 is 2.64 bits per heavy atom. The first kappa shape index (κ1) is 18.5. The number of likely N-dealkylation sites (N-methyl/N-ethyl adjacent to an activating group) is 1. The summed E-state index contributed by atoms with van der Waals surface area (Å²) in [6.07, 6.45) is 2.48. The van der Waals surface area contributed by atoms with Crippen molar-refractivity contribution in [3.05, 3.63) is 52.3 Å². The summed E-state index contributed by atoms with van der Waals surface area (Å²) in [5, 5.41) is 12.4. The number of halogens is 1. The number of fused-ring (bicyclic) bond motifs is 1. The highest BCUT2D eigenvalue weighted by atomic mass is 35.5. The number of hydroxylamine groups is 3. The smallest absolute Gasteiger partial charge is 0.412 e. The Bertz CT molecular complexity index is 912. The number of ether oxygens (including phenoxy) is 1. The van der Waals surface area contributed by atoms with Crippen LogP contribution in [-0.4, -0.2) is 69.7 Å². The van der Waals surface area contributed by atoms with Gasteiger partial charge in [-0.25, -0.2) is 19.7 Å². The van der Waals surface area contributed by atoms with E-state index < -0.39 is 22.9 Å². The van der Waals surface area contributed by atoms with Crippen molar-refractivity contribution in [2.45, 2.75) is 6.23 Å². The van der Waals surface area contributed by atoms with Crippen LogP contribution >= 0.6 is 11.6 Å². The van der Waals surface area contributed by atoms with Crippen molar-refractivity contribution in [1.29, 1.82) is 0 Å². The Kier molecular flexibility index (Phi) is 4.61. The molecule has 0 bridgehead atoms. The molecule has 4 rings (SSSR count). The fourth-order valence-corrected chi connectivity index (χ4v) is 3.23. The van der Waals surface area contributed by atoms with Gasteiger partial charge in [0.1, 0.15) is 11.5 Å². The first-order chi connectivity index (χ1) is 13.4. The van der Waals surface area contributed by atoms with Crippen LogP contribution in [0.3, 0.4) is 0 Å². The summed E-state index contributed by atoms with van der Waals surface area (Å²) in [5.41, 5.74) is 0.332. The van der Waals surface area contributed by atoms with Gasteiger partial charge >= 0.3 is 6.09 Å². The monoisotopic (exact) mass is 404 g/mol. The second kappa shape index (κ2) is 6.97. The lowest BCUT2D eigenvalue weighted by Gasteiger charge is -2.44. The van der Waals surface area contributed by atoms with Crippen LogP contribution in [-0.2, 0) is 4.74 Å². The predicted molar refractivity (Wildman–Crippen MR) is 98.2 cm³/mol. The highest BCUT2D eigenvalue weighted by Gasteiger charge is 2.44. The lowest BCUT2D eigenvalue weighted by molar-refractivity contribution is -0.864. The highest BCUT2D eigenvalue weighted by molar-refractivity contribution is 6.30. The average Bonchev–Trinajstić information content (AvgIpc) is 2.95. The van der Waals surface area contributed by atoms with Crippen LogP contribution < -0.4 is 4.90 Å². The van der Waals surface area contributed by atoms with Gasteiger partial charge in [-0.3, -0.25) is 14.7 Å². The van der Waals surface area contributed by atoms with Gasteiger partial charge in [-0.2, -0.15) is 0 Å². The second-order valence-corrected chi connectivity index (χ2v) is 7.20. The molecule has 0 N–H and O–H groups in total. The molecule has 11 heteroatoms. The van der Waals surface area contributed by atoms with E-state index in [2.05, 4.69) is 15.0 Å². The van der Waals surface area contributed by atoms with Gasteiger partial charge in [0.05, 0.1) is 38.2 Å². The number of carbonyl (C=O) groups excluding carboxylic acids is 2. The van der Waals surface area contributed by atoms with E-state index in [9.17, 15) is 14.8 Å². The van der Waals surface area contributed by atoms with E-state index in [1.54, 1.807) is 19.2 Å². The van der Waals surface area contributed by atoms with Crippen LogP contribution in [0.4, 0.5) is 10.6 Å². The molecule has 1 atom stereocenters. The van der Waals surface area contributed by atoms with Crippen molar-refractivity contribution in [1.82, 2.24) is 19.9 Å². The number of piperazine rings is 1. The molecule has 0 spiro atoms. The maximum Gasteiger partial charge on any atom is 0.412 e. The highest BCUT2D eigenvalue weighted by Crippen LogP contribution is 2.35. The average molecular weight is 405 g/mol. The van der Waals surface area contributed by atoms with E-state index in [1.165, 1.54) is 28.4 Å². The molecule has 146 valence electrons. The molecule has 4 heterocycles. The summed E-state index contributed by atoms with van der Waals surface area (Å²) in [4.78, 5) is 40.6. The minimum absolute atomic E-state index is 0.0968. The van der Waals surface area contributed by atoms with Crippen LogP contribution in [0.1, 0.15) is 22.4 Å². The molecule has 0 radical (unpaired) electrons. The summed E-state index contributed by atoms with van der Waals surface area (Å²) < 4.78 is 5.22. The van der Waals surface area contributed by atoms with Crippen molar-refractivity contribution in [2.24, 2.45) is 0 Å². The Labute approximate surface area is 165 Å². The number of carbonyl (C=O) groups is 2. The topological polar surface area (TPSA) is 112 Å². The van der Waals surface area contributed by atoms with Crippen LogP contribution in [0.5, 0.6) is 0 Å². The summed E-state index contributed by atoms with van der Waals surface area (Å²) in [7, 11) is 1.57. The van der Waals surface area contributed by atoms with Gasteiger partial charge in [-0.1, -0.05) is 11.6 Å². The number of rotatable bonds is 2. The third kappa shape index (κ3) is 3.37. The first-order valence-corrected chi connectivity index (χ1v) is 9.01. The van der Waals surface area contributed by atoms with Crippen LogP contribution in [0.2, 0.25) is 5.02 Å². The largest absolute Gasteiger partial charge is 0.633 e. The van der Waals surface area contributed by atoms with Crippen molar-refractivity contribution < 1.29 is 19.0 Å². The molecule has 2 amide bonds. The molecule has 2 aliphatic heterocycles. The maximum atomic E-state index is 12.8. The normalized spacial score (nSPS) is 20.8. The van der Waals surface area contributed by atoms with Crippen LogP contribution in [0, 0.1) is 5.21 Å². The molecule has 1 fully saturated rings. The zero-order valence-corrected chi connectivity index (χ0v) is 15.7. The van der Waals surface area contributed by atoms with Crippen LogP contribution in [0.15, 0.2) is 30.7 Å². The molecule has 0 saturated carbocycles. The molecule has 1 saturated heterocycles. The number of anilines is 1. The van der Waals surface area contributed by atoms with E-state index in [-0.39, 0.29) is 43.4 Å². The molecule has 10 nitrogen and oxygen atoms in total. The van der Waals surface area contributed by atoms with Gasteiger partial charge in [0, 0.05) is 18.6 Å². The molecule has 2 aromatic heterocycles. The van der Waals surface area contributed by atoms with E-state index in [1.807, 2.05) is 0 Å². The van der Waals surface area contributed by atoms with Crippen molar-refractivity contribution in [2.75, 3.05) is 38.1 Å². The Balaban J connectivity index is 1.61. The molecule has 1 unspecified atom stereocenters. The molecule has 0 aromatic carbocycles. The van der Waals surface area contributed by atoms with Gasteiger partial charge in [-0.05, 0) is 12.1 Å². The van der Waals surface area contributed by atoms with E-state index in [0.717, 1.165) is 0 Å². The lowest BCUT2D eigenvalue weighted by Crippen LogP contribution is -2.55. The zero-order valence-electron chi connectivity index (χ0n) is 15.0. The zero-order chi connectivity index (χ0) is 19.9. The number of pyridine rings is 1. The molecular formula is C17H17ClN6O4. The lowest BCUT2D eigenvalue weighted by atomic mass is 10.3. The molecule has 2 aromatic rings. The quantitative estimate of drug-likeness (QED) is 0.551. The second-order valence-electron chi connectivity index (χ2n) is 6.77. The fraction of sp³-hybridized carbons (Fsp3) is 0.353. The van der Waals surface area contributed by atoms with E-state index in [4.69, 9.17) is 16.3 Å². The molecule has 0 aliphatic carbocycles. The number of hydrogen-bond acceptors (Lipinski definition) is 7. The molecule has 28 heavy (non-hydrogen) atoms. The molecule has 2 aliphatic rings. The summed E-state index contributed by atoms with van der Waals surface area (Å²) in [5.74, 6) is -0.215. The fourth-order valence-electron chi connectivity index (χ4n) is 3.12. The van der Waals surface area contributed by atoms with Crippen molar-refractivity contribution in [3.8, 4) is 0 Å². The summed E-state index contributed by atoms with van der Waals surface area (Å²) in [6.45, 7) is 1.09. The Morgan fingerprint density at radius 2 is 1.96 bits per heavy atom. The van der Waals surface area contributed by atoms with Crippen molar-refractivity contribution >= 4 is 29.4 Å². The third-order valence-corrected chi connectivity index (χ3v) is 4.96. The summed E-state index contributed by atoms with van der Waals surface area (Å²) >= 11 is 5.88. The standard InChI is InChI=1S/C17H17ClN6O4/c1-24(27)8-6-22(7-9-24)17(26)28-16-14-13(19-4-5-20-14)15(25)23(16)12-3-2-11(18)10-21-12/h2-5,10,16H,6-9H2,1H3. The van der Waals surface area contributed by atoms with Gasteiger partial charge in [-0.15, -0.1) is 0 Å². The van der Waals surface area contributed by atoms with E-state index >= 15 is 0 Å². The Morgan fingerprint density at radius 1 is 1.25 bits per heavy atom. The number of hydrogen-bond donors (Lipinski definition) is 0. The SMILES string of the molecule is C[N+]1([O-])CCN(C(=O)OC2c3nccnc3C(=O)N2c2ccc(Cl)cn2)CC1. The first-order valence-electron chi connectivity index (χ1n) is 8.63. The van der Waals surface area contributed by atoms with E-state index in [0.29, 0.717) is 5.02 Å². The van der Waals surface area contributed by atoms with Gasteiger partial charge in [0.2, 0.25) is 6.23 Å². The number of aromatic nitrogens is 3. The van der Waals surface area contributed by atoms with Gasteiger partial charge < -0.3 is 14.6 Å². The number of nitrogens with zero attached hydrogens (tertiary/aromatic N) is 6. The van der Waals surface area contributed by atoms with Gasteiger partial charge in [0.15, 0.2) is 5.69 Å². The van der Waals surface area contributed by atoms with Crippen LogP contribution in [0.25, 0.3) is 0 Å². The third-order valence-electron chi connectivity index (χ3n) is 4.73. The van der Waals surface area contributed by atoms with Gasteiger partial charge in [0.25, 0.3) is 5.91 Å². The molecular weight excluding hydrogens is 388 g/mol. The maximum absolute atomic E-state index is 12.8. The number of amides is 2.